The van der Waals surface area contributed by atoms with Crippen molar-refractivity contribution in [1.29, 1.82) is 0 Å². The Balaban J connectivity index is 1.44. The molecule has 1 nitrogen and oxygen atoms in total. The van der Waals surface area contributed by atoms with E-state index in [2.05, 4.69) is 48.5 Å². The van der Waals surface area contributed by atoms with Crippen molar-refractivity contribution in [3.05, 3.63) is 0 Å². The molecule has 0 aromatic heterocycles. The summed E-state index contributed by atoms with van der Waals surface area (Å²) in [5, 5.41) is 10.3. The minimum Gasteiger partial charge on any atom is -0.393 e. The molecule has 31 heavy (non-hydrogen) atoms. The van der Waals surface area contributed by atoms with E-state index in [-0.39, 0.29) is 6.10 Å². The van der Waals surface area contributed by atoms with E-state index in [9.17, 15) is 5.11 Å². The third-order valence-electron chi connectivity index (χ3n) is 12.1. The Bertz CT molecular complexity index is 602. The second-order valence-electron chi connectivity index (χ2n) is 14.0. The van der Waals surface area contributed by atoms with Crippen molar-refractivity contribution < 1.29 is 5.11 Å². The van der Waals surface area contributed by atoms with Gasteiger partial charge >= 0.3 is 0 Å². The molecule has 0 aromatic rings. The van der Waals surface area contributed by atoms with Crippen molar-refractivity contribution in [2.75, 3.05) is 0 Å². The Morgan fingerprint density at radius 2 is 1.39 bits per heavy atom. The van der Waals surface area contributed by atoms with Gasteiger partial charge in [-0.1, -0.05) is 54.9 Å². The van der Waals surface area contributed by atoms with E-state index in [0.29, 0.717) is 10.8 Å². The average Bonchev–Trinajstić information content (AvgIpc) is 3.05. The summed E-state index contributed by atoms with van der Waals surface area (Å²) >= 11 is 0. The molecule has 4 fully saturated rings. The van der Waals surface area contributed by atoms with Gasteiger partial charge in [-0.15, -0.1) is 0 Å². The van der Waals surface area contributed by atoms with Crippen molar-refractivity contribution in [3.63, 3.8) is 0 Å². The van der Waals surface area contributed by atoms with Gasteiger partial charge in [-0.25, -0.2) is 0 Å². The molecular weight excluding hydrogens is 376 g/mol. The molecule has 0 bridgehead atoms. The lowest BCUT2D eigenvalue weighted by molar-refractivity contribution is -0.129. The second-order valence-corrected chi connectivity index (χ2v) is 14.0. The number of fused-ring (bicyclic) bond motifs is 5. The summed E-state index contributed by atoms with van der Waals surface area (Å²) < 4.78 is 0. The SMILES string of the molecule is CC(C)C(CC[C@@H](C)[C@H]1CC[C@H]2[C@@H]3CC[C@H]4C[C@@H](O)CC[C@]4(C)[C@H]3CC[C@]12C)C(C)C. The molecule has 0 radical (unpaired) electrons. The van der Waals surface area contributed by atoms with E-state index in [4.69, 9.17) is 0 Å². The number of aliphatic hydroxyl groups excluding tert-OH is 1. The Morgan fingerprint density at radius 3 is 2.06 bits per heavy atom. The summed E-state index contributed by atoms with van der Waals surface area (Å²) in [6.07, 6.45) is 15.1. The first-order chi connectivity index (χ1) is 14.6. The van der Waals surface area contributed by atoms with Gasteiger partial charge in [0.1, 0.15) is 0 Å². The van der Waals surface area contributed by atoms with Crippen molar-refractivity contribution in [2.24, 2.45) is 64.1 Å². The molecule has 0 saturated heterocycles. The van der Waals surface area contributed by atoms with Gasteiger partial charge in [0.25, 0.3) is 0 Å². The molecular formula is C30H54O. The highest BCUT2D eigenvalue weighted by molar-refractivity contribution is 5.09. The highest BCUT2D eigenvalue weighted by atomic mass is 16.3. The molecule has 4 rings (SSSR count). The molecule has 0 spiro atoms. The zero-order valence-corrected chi connectivity index (χ0v) is 22.0. The summed E-state index contributed by atoms with van der Waals surface area (Å²) in [6.45, 7) is 17.7. The average molecular weight is 431 g/mol. The molecule has 9 atom stereocenters. The van der Waals surface area contributed by atoms with Crippen LogP contribution in [0.3, 0.4) is 0 Å². The van der Waals surface area contributed by atoms with Crippen LogP contribution in [0.5, 0.6) is 0 Å². The lowest BCUT2D eigenvalue weighted by atomic mass is 9.44. The zero-order valence-electron chi connectivity index (χ0n) is 22.0. The van der Waals surface area contributed by atoms with Crippen LogP contribution in [0.4, 0.5) is 0 Å². The standard InChI is InChI=1S/C30H54O/c1-19(2)24(20(3)4)10-8-21(5)26-12-13-27-25-11-9-22-18-23(31)14-16-29(22,6)28(25)15-17-30(26,27)7/h19-28,31H,8-18H2,1-7H3/t21-,22+,23+,25+,26-,27+,28+,29+,30-/m1/s1. The Labute approximate surface area is 194 Å². The van der Waals surface area contributed by atoms with Crippen LogP contribution in [0.1, 0.15) is 119 Å². The van der Waals surface area contributed by atoms with Gasteiger partial charge in [0.15, 0.2) is 0 Å². The third-order valence-corrected chi connectivity index (χ3v) is 12.1. The number of hydrogen-bond acceptors (Lipinski definition) is 1. The van der Waals surface area contributed by atoms with E-state index in [1.54, 1.807) is 0 Å². The summed E-state index contributed by atoms with van der Waals surface area (Å²) in [6, 6.07) is 0. The van der Waals surface area contributed by atoms with E-state index < -0.39 is 0 Å². The topological polar surface area (TPSA) is 20.2 Å². The third kappa shape index (κ3) is 4.17. The van der Waals surface area contributed by atoms with Gasteiger partial charge in [0, 0.05) is 0 Å². The number of rotatable bonds is 6. The van der Waals surface area contributed by atoms with Crippen LogP contribution < -0.4 is 0 Å². The largest absolute Gasteiger partial charge is 0.393 e. The maximum atomic E-state index is 10.3. The Hall–Kier alpha value is -0.0400. The normalized spacial score (nSPS) is 46.2. The Morgan fingerprint density at radius 1 is 0.742 bits per heavy atom. The first-order valence-electron chi connectivity index (χ1n) is 14.3. The fraction of sp³-hybridized carbons (Fsp3) is 1.00. The van der Waals surface area contributed by atoms with Crippen LogP contribution in [0.15, 0.2) is 0 Å². The fourth-order valence-electron chi connectivity index (χ4n) is 10.3. The smallest absolute Gasteiger partial charge is 0.0543 e. The molecule has 0 unspecified atom stereocenters. The van der Waals surface area contributed by atoms with Gasteiger partial charge in [-0.2, -0.15) is 0 Å². The number of aliphatic hydroxyl groups is 1. The highest BCUT2D eigenvalue weighted by Crippen LogP contribution is 2.68. The van der Waals surface area contributed by atoms with Crippen LogP contribution in [-0.2, 0) is 0 Å². The fourth-order valence-corrected chi connectivity index (χ4v) is 10.3. The van der Waals surface area contributed by atoms with Crippen LogP contribution in [0.25, 0.3) is 0 Å². The quantitative estimate of drug-likeness (QED) is 0.449. The molecule has 0 aromatic carbocycles. The van der Waals surface area contributed by atoms with E-state index in [1.165, 1.54) is 57.8 Å². The molecule has 0 amide bonds. The summed E-state index contributed by atoms with van der Waals surface area (Å²) in [5.74, 6) is 8.07. The van der Waals surface area contributed by atoms with Crippen molar-refractivity contribution in [3.8, 4) is 0 Å². The molecule has 1 N–H and O–H groups in total. The predicted molar refractivity (Wildman–Crippen MR) is 133 cm³/mol. The van der Waals surface area contributed by atoms with Crippen LogP contribution in [0, 0.1) is 64.1 Å². The monoisotopic (exact) mass is 430 g/mol. The maximum Gasteiger partial charge on any atom is 0.0543 e. The maximum absolute atomic E-state index is 10.3. The first-order valence-corrected chi connectivity index (χ1v) is 14.3. The molecule has 1 heteroatoms. The van der Waals surface area contributed by atoms with E-state index >= 15 is 0 Å². The molecule has 0 aliphatic heterocycles. The van der Waals surface area contributed by atoms with Crippen molar-refractivity contribution in [1.82, 2.24) is 0 Å². The van der Waals surface area contributed by atoms with Gasteiger partial charge in [0.2, 0.25) is 0 Å². The molecule has 0 heterocycles. The summed E-state index contributed by atoms with van der Waals surface area (Å²) in [4.78, 5) is 0. The van der Waals surface area contributed by atoms with Gasteiger partial charge in [-0.05, 0) is 128 Å². The van der Waals surface area contributed by atoms with Gasteiger partial charge in [0.05, 0.1) is 6.10 Å². The zero-order chi connectivity index (χ0) is 22.6. The number of hydrogen-bond donors (Lipinski definition) is 1. The van der Waals surface area contributed by atoms with Crippen LogP contribution in [0.2, 0.25) is 0 Å². The molecule has 4 aliphatic carbocycles. The second kappa shape index (κ2) is 8.96. The van der Waals surface area contributed by atoms with E-state index in [1.807, 2.05) is 0 Å². The molecule has 4 aliphatic rings. The lowest BCUT2D eigenvalue weighted by Gasteiger charge is -2.61. The predicted octanol–water partition coefficient (Wildman–Crippen LogP) is 8.35. The van der Waals surface area contributed by atoms with E-state index in [0.717, 1.165) is 66.1 Å². The van der Waals surface area contributed by atoms with Crippen LogP contribution in [-0.4, -0.2) is 11.2 Å². The van der Waals surface area contributed by atoms with Crippen molar-refractivity contribution >= 4 is 0 Å². The first kappa shape index (κ1) is 24.1. The van der Waals surface area contributed by atoms with Crippen LogP contribution >= 0.6 is 0 Å². The summed E-state index contributed by atoms with van der Waals surface area (Å²) in [5.41, 5.74) is 1.12. The molecule has 4 saturated carbocycles. The minimum atomic E-state index is -0.0132. The minimum absolute atomic E-state index is 0.0132. The van der Waals surface area contributed by atoms with Gasteiger partial charge < -0.3 is 5.11 Å². The summed E-state index contributed by atoms with van der Waals surface area (Å²) in [7, 11) is 0. The highest BCUT2D eigenvalue weighted by Gasteiger charge is 2.60. The Kier molecular flexibility index (Phi) is 6.96. The molecule has 180 valence electrons. The van der Waals surface area contributed by atoms with Crippen molar-refractivity contribution in [2.45, 2.75) is 125 Å². The lowest BCUT2D eigenvalue weighted by Crippen LogP contribution is -2.54. The van der Waals surface area contributed by atoms with Gasteiger partial charge in [-0.3, -0.25) is 0 Å².